The summed E-state index contributed by atoms with van der Waals surface area (Å²) in [5.74, 6) is 0. The summed E-state index contributed by atoms with van der Waals surface area (Å²) < 4.78 is 12.4. The van der Waals surface area contributed by atoms with Crippen LogP contribution >= 0.6 is 7.14 Å². The fourth-order valence-electron chi connectivity index (χ4n) is 1.56. The molecule has 0 rings (SSSR count). The van der Waals surface area contributed by atoms with Crippen LogP contribution in [0.2, 0.25) is 0 Å². The molecule has 0 aliphatic heterocycles. The Bertz CT molecular complexity index is 170. The molecule has 14 heavy (non-hydrogen) atoms. The van der Waals surface area contributed by atoms with E-state index in [0.717, 1.165) is 6.42 Å². The topological polar surface area (TPSA) is 57.5 Å². The van der Waals surface area contributed by atoms with E-state index in [-0.39, 0.29) is 18.9 Å². The van der Waals surface area contributed by atoms with Crippen molar-refractivity contribution >= 4 is 7.14 Å². The van der Waals surface area contributed by atoms with E-state index in [0.29, 0.717) is 25.2 Å². The molecule has 0 aliphatic rings. The van der Waals surface area contributed by atoms with Crippen LogP contribution in [0.15, 0.2) is 0 Å². The Kier molecular flexibility index (Phi) is 7.52. The molecular weight excluding hydrogens is 199 g/mol. The summed E-state index contributed by atoms with van der Waals surface area (Å²) in [6, 6.07) is 0. The molecule has 3 nitrogen and oxygen atoms in total. The van der Waals surface area contributed by atoms with Crippen LogP contribution in [0.1, 0.15) is 33.1 Å². The molecule has 0 aromatic heterocycles. The third-order valence-corrected chi connectivity index (χ3v) is 6.90. The van der Waals surface area contributed by atoms with Gasteiger partial charge in [0.1, 0.15) is 0 Å². The van der Waals surface area contributed by atoms with Gasteiger partial charge < -0.3 is 14.8 Å². The van der Waals surface area contributed by atoms with Crippen LogP contribution in [0.5, 0.6) is 0 Å². The molecule has 0 amide bonds. The number of aliphatic hydroxyl groups is 2. The number of rotatable bonds is 8. The lowest BCUT2D eigenvalue weighted by Crippen LogP contribution is -2.11. The van der Waals surface area contributed by atoms with Crippen molar-refractivity contribution in [3.8, 4) is 0 Å². The molecule has 0 aromatic rings. The normalized spacial score (nSPS) is 14.3. The van der Waals surface area contributed by atoms with Gasteiger partial charge in [0.25, 0.3) is 0 Å². The first kappa shape index (κ1) is 14.2. The Morgan fingerprint density at radius 1 is 1.14 bits per heavy atom. The molecule has 2 N–H and O–H groups in total. The highest BCUT2D eigenvalue weighted by Gasteiger charge is 2.26. The van der Waals surface area contributed by atoms with Gasteiger partial charge in [0.15, 0.2) is 0 Å². The Morgan fingerprint density at radius 3 is 1.86 bits per heavy atom. The average Bonchev–Trinajstić information content (AvgIpc) is 2.22. The summed E-state index contributed by atoms with van der Waals surface area (Å²) in [5, 5.41) is 17.5. The molecule has 1 unspecified atom stereocenters. The molecule has 0 aliphatic carbocycles. The second-order valence-corrected chi connectivity index (χ2v) is 7.49. The molecule has 0 heterocycles. The summed E-state index contributed by atoms with van der Waals surface area (Å²) in [6.07, 6.45) is 3.39. The first-order chi connectivity index (χ1) is 6.60. The molecule has 0 aromatic carbocycles. The van der Waals surface area contributed by atoms with E-state index in [1.807, 2.05) is 13.8 Å². The van der Waals surface area contributed by atoms with Gasteiger partial charge in [0.05, 0.1) is 7.14 Å². The molecular formula is C10H23O3P. The van der Waals surface area contributed by atoms with Crippen molar-refractivity contribution in [1.82, 2.24) is 0 Å². The summed E-state index contributed by atoms with van der Waals surface area (Å²) in [5.41, 5.74) is 0.223. The van der Waals surface area contributed by atoms with Crippen molar-refractivity contribution in [1.29, 1.82) is 0 Å². The Labute approximate surface area is 86.9 Å². The highest BCUT2D eigenvalue weighted by Crippen LogP contribution is 2.52. The molecule has 0 radical (unpaired) electrons. The van der Waals surface area contributed by atoms with Crippen LogP contribution in [-0.4, -0.2) is 41.4 Å². The van der Waals surface area contributed by atoms with E-state index in [1.54, 1.807) is 0 Å². The van der Waals surface area contributed by atoms with E-state index in [4.69, 9.17) is 10.2 Å². The van der Waals surface area contributed by atoms with Gasteiger partial charge in [-0.15, -0.1) is 0 Å². The first-order valence-electron chi connectivity index (χ1n) is 5.40. The lowest BCUT2D eigenvalue weighted by molar-refractivity contribution is 0.292. The van der Waals surface area contributed by atoms with E-state index < -0.39 is 7.14 Å². The lowest BCUT2D eigenvalue weighted by Gasteiger charge is -2.23. The van der Waals surface area contributed by atoms with Crippen LogP contribution < -0.4 is 0 Å². The van der Waals surface area contributed by atoms with Gasteiger partial charge in [-0.2, -0.15) is 0 Å². The van der Waals surface area contributed by atoms with Gasteiger partial charge in [-0.25, -0.2) is 0 Å². The maximum absolute atomic E-state index is 12.4. The van der Waals surface area contributed by atoms with Crippen LogP contribution in [0.4, 0.5) is 0 Å². The minimum atomic E-state index is -2.16. The standard InChI is InChI=1S/C10H23O3P/c1-3-10(2)14(13,8-4-6-11)9-5-7-12/h10-12H,3-9H2,1-2H3. The van der Waals surface area contributed by atoms with Crippen LogP contribution in [-0.2, 0) is 4.57 Å². The van der Waals surface area contributed by atoms with Crippen LogP contribution in [0, 0.1) is 0 Å². The quantitative estimate of drug-likeness (QED) is 0.617. The van der Waals surface area contributed by atoms with Gasteiger partial charge in [-0.05, 0) is 19.3 Å². The number of hydrogen-bond donors (Lipinski definition) is 2. The number of aliphatic hydroxyl groups excluding tert-OH is 2. The maximum Gasteiger partial charge on any atom is 0.0905 e. The summed E-state index contributed by atoms with van der Waals surface area (Å²) in [7, 11) is -2.16. The van der Waals surface area contributed by atoms with Gasteiger partial charge in [0, 0.05) is 31.2 Å². The van der Waals surface area contributed by atoms with E-state index in [1.165, 1.54) is 0 Å². The summed E-state index contributed by atoms with van der Waals surface area (Å²) in [6.45, 7) is 4.27. The monoisotopic (exact) mass is 222 g/mol. The molecule has 4 heteroatoms. The Morgan fingerprint density at radius 2 is 1.57 bits per heavy atom. The van der Waals surface area contributed by atoms with Gasteiger partial charge >= 0.3 is 0 Å². The second kappa shape index (κ2) is 7.44. The SMILES string of the molecule is CCC(C)P(=O)(CCCO)CCCO. The van der Waals surface area contributed by atoms with Crippen molar-refractivity contribution in [2.75, 3.05) is 25.5 Å². The van der Waals surface area contributed by atoms with Crippen LogP contribution in [0.25, 0.3) is 0 Å². The van der Waals surface area contributed by atoms with Gasteiger partial charge in [-0.3, -0.25) is 0 Å². The molecule has 0 saturated heterocycles. The van der Waals surface area contributed by atoms with Gasteiger partial charge in [0.2, 0.25) is 0 Å². The zero-order valence-corrected chi connectivity index (χ0v) is 10.2. The Balaban J connectivity index is 4.25. The Hall–Kier alpha value is 0.150. The van der Waals surface area contributed by atoms with Crippen molar-refractivity contribution < 1.29 is 14.8 Å². The predicted octanol–water partition coefficient (Wildman–Crippen LogP) is 1.91. The fraction of sp³-hybridized carbons (Fsp3) is 1.00. The lowest BCUT2D eigenvalue weighted by atomic mass is 10.4. The molecule has 0 spiro atoms. The molecule has 0 fully saturated rings. The van der Waals surface area contributed by atoms with Gasteiger partial charge in [-0.1, -0.05) is 13.8 Å². The van der Waals surface area contributed by atoms with Crippen molar-refractivity contribution in [3.05, 3.63) is 0 Å². The molecule has 86 valence electrons. The third-order valence-electron chi connectivity index (χ3n) is 2.78. The molecule has 0 bridgehead atoms. The minimum Gasteiger partial charge on any atom is -0.396 e. The minimum absolute atomic E-state index is 0.111. The fourth-order valence-corrected chi connectivity index (χ4v) is 4.69. The molecule has 0 saturated carbocycles. The van der Waals surface area contributed by atoms with E-state index in [9.17, 15) is 4.57 Å². The third kappa shape index (κ3) is 4.59. The molecule has 1 atom stereocenters. The largest absolute Gasteiger partial charge is 0.396 e. The zero-order valence-electron chi connectivity index (χ0n) is 9.28. The average molecular weight is 222 g/mol. The highest BCUT2D eigenvalue weighted by atomic mass is 31.2. The van der Waals surface area contributed by atoms with Crippen molar-refractivity contribution in [2.24, 2.45) is 0 Å². The van der Waals surface area contributed by atoms with E-state index in [2.05, 4.69) is 0 Å². The highest BCUT2D eigenvalue weighted by molar-refractivity contribution is 7.64. The van der Waals surface area contributed by atoms with E-state index >= 15 is 0 Å². The number of hydrogen-bond acceptors (Lipinski definition) is 3. The zero-order chi connectivity index (χ0) is 11.0. The second-order valence-electron chi connectivity index (χ2n) is 3.81. The van der Waals surface area contributed by atoms with Crippen molar-refractivity contribution in [3.63, 3.8) is 0 Å². The predicted molar refractivity (Wildman–Crippen MR) is 60.5 cm³/mol. The van der Waals surface area contributed by atoms with Crippen molar-refractivity contribution in [2.45, 2.75) is 38.8 Å². The smallest absolute Gasteiger partial charge is 0.0905 e. The van der Waals surface area contributed by atoms with Crippen LogP contribution in [0.3, 0.4) is 0 Å². The maximum atomic E-state index is 12.4. The summed E-state index contributed by atoms with van der Waals surface area (Å²) in [4.78, 5) is 0. The summed E-state index contributed by atoms with van der Waals surface area (Å²) >= 11 is 0. The first-order valence-corrected chi connectivity index (χ1v) is 7.54.